The van der Waals surface area contributed by atoms with Crippen LogP contribution in [0, 0.1) is 5.92 Å². The van der Waals surface area contributed by atoms with Crippen molar-refractivity contribution in [2.45, 2.75) is 44.5 Å². The number of nitrogens with two attached hydrogens (primary N) is 1. The molecule has 90 valence electrons. The van der Waals surface area contributed by atoms with Crippen LogP contribution >= 0.6 is 0 Å². The molecule has 0 aliphatic carbocycles. The molecule has 0 amide bonds. The molecule has 3 unspecified atom stereocenters. The molecule has 0 aromatic carbocycles. The predicted octanol–water partition coefficient (Wildman–Crippen LogP) is 1.59. The summed E-state index contributed by atoms with van der Waals surface area (Å²) in [6, 6.07) is -0.309. The molecule has 1 aliphatic rings. The second-order valence-corrected chi connectivity index (χ2v) is 4.07. The first-order valence-electron chi connectivity index (χ1n) is 5.07. The van der Waals surface area contributed by atoms with Crippen LogP contribution in [0.5, 0.6) is 0 Å². The highest BCUT2D eigenvalue weighted by Crippen LogP contribution is 2.28. The number of alkyl halides is 3. The second kappa shape index (κ2) is 5.14. The van der Waals surface area contributed by atoms with Gasteiger partial charge in [-0.1, -0.05) is 0 Å². The summed E-state index contributed by atoms with van der Waals surface area (Å²) in [5.74, 6) is 5.34. The number of hydrazine groups is 1. The van der Waals surface area contributed by atoms with Gasteiger partial charge in [0.15, 0.2) is 0 Å². The number of ether oxygens (including phenoxy) is 1. The minimum Gasteiger partial charge on any atom is -0.378 e. The summed E-state index contributed by atoms with van der Waals surface area (Å²) in [6.07, 6.45) is -4.00. The maximum atomic E-state index is 12.0. The van der Waals surface area contributed by atoms with E-state index in [2.05, 4.69) is 5.43 Å². The summed E-state index contributed by atoms with van der Waals surface area (Å²) < 4.78 is 41.4. The highest BCUT2D eigenvalue weighted by molar-refractivity contribution is 4.81. The molecule has 3 nitrogen and oxygen atoms in total. The zero-order chi connectivity index (χ0) is 11.5. The summed E-state index contributed by atoms with van der Waals surface area (Å²) >= 11 is 0. The fourth-order valence-electron chi connectivity index (χ4n) is 1.90. The maximum Gasteiger partial charge on any atom is 0.389 e. The molecule has 1 rings (SSSR count). The van der Waals surface area contributed by atoms with Gasteiger partial charge in [-0.05, 0) is 19.8 Å². The summed E-state index contributed by atoms with van der Waals surface area (Å²) in [4.78, 5) is 0. The standard InChI is InChI=1S/C9H17F3N2O/c1-6-4-7(5-15-6)8(14-13)2-3-9(10,11)12/h6-8,14H,2-5,13H2,1H3. The molecular weight excluding hydrogens is 209 g/mol. The van der Waals surface area contributed by atoms with Gasteiger partial charge in [0.1, 0.15) is 0 Å². The topological polar surface area (TPSA) is 47.3 Å². The summed E-state index contributed by atoms with van der Waals surface area (Å²) in [7, 11) is 0. The van der Waals surface area contributed by atoms with Crippen molar-refractivity contribution in [3.8, 4) is 0 Å². The Balaban J connectivity index is 2.36. The number of halogens is 3. The van der Waals surface area contributed by atoms with E-state index < -0.39 is 12.6 Å². The Morgan fingerprint density at radius 3 is 2.60 bits per heavy atom. The lowest BCUT2D eigenvalue weighted by Crippen LogP contribution is -2.42. The molecule has 3 N–H and O–H groups in total. The molecule has 1 aliphatic heterocycles. The molecule has 1 fully saturated rings. The lowest BCUT2D eigenvalue weighted by molar-refractivity contribution is -0.137. The number of hydrogen-bond acceptors (Lipinski definition) is 3. The minimum absolute atomic E-state index is 0.0146. The van der Waals surface area contributed by atoms with Gasteiger partial charge in [0.05, 0.1) is 12.7 Å². The van der Waals surface area contributed by atoms with Gasteiger partial charge >= 0.3 is 6.18 Å². The van der Waals surface area contributed by atoms with E-state index in [1.807, 2.05) is 6.92 Å². The van der Waals surface area contributed by atoms with Crippen LogP contribution in [0.4, 0.5) is 13.2 Å². The average Bonchev–Trinajstić information content (AvgIpc) is 2.51. The number of nitrogens with one attached hydrogen (secondary N) is 1. The van der Waals surface area contributed by atoms with E-state index in [-0.39, 0.29) is 24.5 Å². The third kappa shape index (κ3) is 4.36. The fraction of sp³-hybridized carbons (Fsp3) is 1.00. The second-order valence-electron chi connectivity index (χ2n) is 4.07. The molecule has 0 aromatic heterocycles. The molecule has 0 radical (unpaired) electrons. The normalized spacial score (nSPS) is 29.4. The van der Waals surface area contributed by atoms with Crippen molar-refractivity contribution in [1.82, 2.24) is 5.43 Å². The molecule has 15 heavy (non-hydrogen) atoms. The van der Waals surface area contributed by atoms with Crippen LogP contribution in [0.25, 0.3) is 0 Å². The summed E-state index contributed by atoms with van der Waals surface area (Å²) in [5, 5.41) is 0. The molecule has 0 spiro atoms. The van der Waals surface area contributed by atoms with Gasteiger partial charge < -0.3 is 4.74 Å². The van der Waals surface area contributed by atoms with Gasteiger partial charge in [0.2, 0.25) is 0 Å². The highest BCUT2D eigenvalue weighted by Gasteiger charge is 2.33. The molecule has 1 saturated heterocycles. The number of rotatable bonds is 4. The van der Waals surface area contributed by atoms with E-state index in [9.17, 15) is 13.2 Å². The van der Waals surface area contributed by atoms with Crippen LogP contribution in [0.15, 0.2) is 0 Å². The Hall–Kier alpha value is -0.330. The molecule has 0 saturated carbocycles. The van der Waals surface area contributed by atoms with Crippen LogP contribution in [0.3, 0.4) is 0 Å². The van der Waals surface area contributed by atoms with E-state index >= 15 is 0 Å². The van der Waals surface area contributed by atoms with Crippen molar-refractivity contribution < 1.29 is 17.9 Å². The molecule has 0 bridgehead atoms. The third-order valence-corrected chi connectivity index (χ3v) is 2.75. The Bertz CT molecular complexity index is 198. The highest BCUT2D eigenvalue weighted by atomic mass is 19.4. The van der Waals surface area contributed by atoms with Crippen molar-refractivity contribution >= 4 is 0 Å². The Kier molecular flexibility index (Phi) is 4.36. The van der Waals surface area contributed by atoms with Crippen molar-refractivity contribution in [3.63, 3.8) is 0 Å². The van der Waals surface area contributed by atoms with Crippen molar-refractivity contribution in [2.75, 3.05) is 6.61 Å². The quantitative estimate of drug-likeness (QED) is 0.565. The van der Waals surface area contributed by atoms with E-state index in [0.717, 1.165) is 6.42 Å². The maximum absolute atomic E-state index is 12.0. The lowest BCUT2D eigenvalue weighted by atomic mass is 9.94. The van der Waals surface area contributed by atoms with Crippen LogP contribution < -0.4 is 11.3 Å². The zero-order valence-corrected chi connectivity index (χ0v) is 8.68. The van der Waals surface area contributed by atoms with Gasteiger partial charge in [-0.3, -0.25) is 11.3 Å². The third-order valence-electron chi connectivity index (χ3n) is 2.75. The van der Waals surface area contributed by atoms with Gasteiger partial charge in [0.25, 0.3) is 0 Å². The van der Waals surface area contributed by atoms with E-state index in [0.29, 0.717) is 6.61 Å². The fourth-order valence-corrected chi connectivity index (χ4v) is 1.90. The molecular formula is C9H17F3N2O. The minimum atomic E-state index is -4.11. The van der Waals surface area contributed by atoms with Crippen molar-refractivity contribution in [1.29, 1.82) is 0 Å². The SMILES string of the molecule is CC1CC(C(CCC(F)(F)F)NN)CO1. The Labute approximate surface area is 87.1 Å². The average molecular weight is 226 g/mol. The van der Waals surface area contributed by atoms with Crippen molar-refractivity contribution in [2.24, 2.45) is 11.8 Å². The Morgan fingerprint density at radius 2 is 2.20 bits per heavy atom. The predicted molar refractivity (Wildman–Crippen MR) is 49.9 cm³/mol. The van der Waals surface area contributed by atoms with Crippen LogP contribution in [0.1, 0.15) is 26.2 Å². The lowest BCUT2D eigenvalue weighted by Gasteiger charge is -2.22. The molecule has 0 aromatic rings. The molecule has 1 heterocycles. The van der Waals surface area contributed by atoms with Gasteiger partial charge in [-0.25, -0.2) is 0 Å². The van der Waals surface area contributed by atoms with Crippen LogP contribution in [-0.2, 0) is 4.74 Å². The zero-order valence-electron chi connectivity index (χ0n) is 8.68. The Morgan fingerprint density at radius 1 is 1.53 bits per heavy atom. The van der Waals surface area contributed by atoms with Crippen molar-refractivity contribution in [3.05, 3.63) is 0 Å². The smallest absolute Gasteiger partial charge is 0.378 e. The largest absolute Gasteiger partial charge is 0.389 e. The first kappa shape index (κ1) is 12.7. The van der Waals surface area contributed by atoms with Gasteiger partial charge in [-0.15, -0.1) is 0 Å². The van der Waals surface area contributed by atoms with E-state index in [1.54, 1.807) is 0 Å². The van der Waals surface area contributed by atoms with E-state index in [1.165, 1.54) is 0 Å². The molecule has 3 atom stereocenters. The van der Waals surface area contributed by atoms with Crippen LogP contribution in [-0.4, -0.2) is 24.9 Å². The monoisotopic (exact) mass is 226 g/mol. The van der Waals surface area contributed by atoms with Gasteiger partial charge in [0, 0.05) is 18.4 Å². The van der Waals surface area contributed by atoms with Crippen LogP contribution in [0.2, 0.25) is 0 Å². The van der Waals surface area contributed by atoms with E-state index in [4.69, 9.17) is 10.6 Å². The first-order chi connectivity index (χ1) is 6.92. The van der Waals surface area contributed by atoms with Gasteiger partial charge in [-0.2, -0.15) is 13.2 Å². The first-order valence-corrected chi connectivity index (χ1v) is 5.07. The number of hydrogen-bond donors (Lipinski definition) is 2. The molecule has 6 heteroatoms. The summed E-state index contributed by atoms with van der Waals surface area (Å²) in [5.41, 5.74) is 2.46. The summed E-state index contributed by atoms with van der Waals surface area (Å²) in [6.45, 7) is 2.41.